The predicted molar refractivity (Wildman–Crippen MR) is 111 cm³/mol. The van der Waals surface area contributed by atoms with Crippen molar-refractivity contribution < 1.29 is 8.42 Å². The third kappa shape index (κ3) is 2.84. The molecule has 138 valence electrons. The van der Waals surface area contributed by atoms with E-state index in [9.17, 15) is 8.42 Å². The fourth-order valence-electron chi connectivity index (χ4n) is 3.28. The Labute approximate surface area is 160 Å². The van der Waals surface area contributed by atoms with Crippen molar-refractivity contribution >= 4 is 56.6 Å². The van der Waals surface area contributed by atoms with Crippen molar-refractivity contribution in [1.29, 1.82) is 0 Å². The summed E-state index contributed by atoms with van der Waals surface area (Å²) in [6.45, 7) is 0. The van der Waals surface area contributed by atoms with Crippen LogP contribution in [0, 0.1) is 0 Å². The molecular formula is C20H15N5O2S. The molecule has 3 N–H and O–H groups in total. The first-order valence-corrected chi connectivity index (χ1v) is 10.1. The molecule has 3 aromatic rings. The van der Waals surface area contributed by atoms with E-state index in [0.717, 1.165) is 26.6 Å². The summed E-state index contributed by atoms with van der Waals surface area (Å²) in [4.78, 5) is 12.3. The molecule has 0 aliphatic carbocycles. The molecule has 0 spiro atoms. The Hall–Kier alpha value is -3.49. The first-order valence-electron chi connectivity index (χ1n) is 8.56. The Morgan fingerprint density at radius 1 is 0.786 bits per heavy atom. The van der Waals surface area contributed by atoms with E-state index in [2.05, 4.69) is 15.0 Å². The molecule has 0 saturated carbocycles. The molecule has 0 amide bonds. The molecule has 0 fully saturated rings. The fraction of sp³-hybridized carbons (Fsp3) is 0. The van der Waals surface area contributed by atoms with E-state index in [1.54, 1.807) is 24.3 Å². The molecule has 5 rings (SSSR count). The van der Waals surface area contributed by atoms with Crippen LogP contribution in [0.25, 0.3) is 46.4 Å². The summed E-state index contributed by atoms with van der Waals surface area (Å²) in [5, 5.41) is 5.48. The van der Waals surface area contributed by atoms with Crippen molar-refractivity contribution in [2.45, 2.75) is 0 Å². The van der Waals surface area contributed by atoms with Gasteiger partial charge < -0.3 is 4.98 Å². The van der Waals surface area contributed by atoms with E-state index in [1.807, 2.05) is 48.6 Å². The summed E-state index contributed by atoms with van der Waals surface area (Å²) in [6, 6.07) is 14.3. The monoisotopic (exact) mass is 389 g/mol. The molecule has 2 aliphatic rings. The van der Waals surface area contributed by atoms with E-state index in [1.165, 1.54) is 0 Å². The van der Waals surface area contributed by atoms with Gasteiger partial charge in [-0.3, -0.25) is 0 Å². The van der Waals surface area contributed by atoms with Crippen LogP contribution in [-0.4, -0.2) is 27.3 Å². The topological polar surface area (TPSA) is 107 Å². The lowest BCUT2D eigenvalue weighted by molar-refractivity contribution is 0.592. The summed E-state index contributed by atoms with van der Waals surface area (Å²) in [7, 11) is -4.00. The number of fused-ring (bicyclic) bond motifs is 10. The highest BCUT2D eigenvalue weighted by atomic mass is 32.2. The highest BCUT2D eigenvalue weighted by Gasteiger charge is 2.12. The molecule has 7 nitrogen and oxygen atoms in total. The number of nitrogens with one attached hydrogen (secondary N) is 1. The lowest BCUT2D eigenvalue weighted by Gasteiger charge is -2.02. The Kier molecular flexibility index (Phi) is 3.58. The molecule has 0 radical (unpaired) electrons. The fourth-order valence-corrected chi connectivity index (χ4v) is 4.13. The molecule has 28 heavy (non-hydrogen) atoms. The number of aromatic nitrogens is 4. The van der Waals surface area contributed by atoms with E-state index < -0.39 is 10.2 Å². The Morgan fingerprint density at radius 2 is 1.39 bits per heavy atom. The maximum atomic E-state index is 12.2. The smallest absolute Gasteiger partial charge is 0.303 e. The molecule has 8 heteroatoms. The van der Waals surface area contributed by atoms with Gasteiger partial charge in [0.2, 0.25) is 0 Å². The molecule has 2 aliphatic heterocycles. The standard InChI is InChI=1S/C20H15N5O2S/c21-28(26,27)25-16-7-3-15-5-10-18(23-15)17-9-4-13(22-17)1-2-14-6-11-19(24-14)20(25)12-8-16/h1-12,24H,(H2,21,26,27). The van der Waals surface area contributed by atoms with E-state index in [4.69, 9.17) is 5.14 Å². The van der Waals surface area contributed by atoms with Gasteiger partial charge in [-0.25, -0.2) is 19.1 Å². The minimum atomic E-state index is -4.00. The number of hydrogen-bond donors (Lipinski definition) is 2. The average Bonchev–Trinajstić information content (AvgIpc) is 3.42. The Morgan fingerprint density at radius 3 is 2.07 bits per heavy atom. The number of aromatic amines is 1. The lowest BCUT2D eigenvalue weighted by Crippen LogP contribution is -2.21. The SMILES string of the molecule is NS(=O)(=O)n1c2ccc3nc(c4nc(ccc5ccc([nH]5)c1cc2)C=C4)C=C3. The number of H-pyrrole nitrogens is 1. The van der Waals surface area contributed by atoms with E-state index in [-0.39, 0.29) is 0 Å². The second-order valence-corrected chi connectivity index (χ2v) is 7.85. The summed E-state index contributed by atoms with van der Waals surface area (Å²) in [5.41, 5.74) is 5.42. The molecule has 3 aromatic heterocycles. The van der Waals surface area contributed by atoms with Crippen LogP contribution in [0.15, 0.2) is 48.5 Å². The van der Waals surface area contributed by atoms with Crippen LogP contribution < -0.4 is 5.14 Å². The van der Waals surface area contributed by atoms with Crippen molar-refractivity contribution in [3.05, 3.63) is 71.3 Å². The summed E-state index contributed by atoms with van der Waals surface area (Å²) >= 11 is 0. The van der Waals surface area contributed by atoms with Crippen molar-refractivity contribution in [1.82, 2.24) is 18.9 Å². The zero-order valence-corrected chi connectivity index (χ0v) is 15.4. The van der Waals surface area contributed by atoms with Crippen LogP contribution in [0.2, 0.25) is 0 Å². The molecule has 0 unspecified atom stereocenters. The van der Waals surface area contributed by atoms with E-state index in [0.29, 0.717) is 22.2 Å². The van der Waals surface area contributed by atoms with Gasteiger partial charge in [-0.1, -0.05) is 0 Å². The van der Waals surface area contributed by atoms with Crippen molar-refractivity contribution in [3.63, 3.8) is 0 Å². The number of nitrogens with two attached hydrogens (primary N) is 1. The minimum Gasteiger partial charge on any atom is -0.354 e. The summed E-state index contributed by atoms with van der Waals surface area (Å²) in [6.07, 6.45) is 7.59. The van der Waals surface area contributed by atoms with Gasteiger partial charge in [0.25, 0.3) is 0 Å². The van der Waals surface area contributed by atoms with Gasteiger partial charge in [-0.05, 0) is 72.8 Å². The normalized spacial score (nSPS) is 13.2. The molecule has 0 atom stereocenters. The van der Waals surface area contributed by atoms with Crippen molar-refractivity contribution in [2.24, 2.45) is 5.14 Å². The molecule has 8 bridgehead atoms. The van der Waals surface area contributed by atoms with Crippen molar-refractivity contribution in [3.8, 4) is 0 Å². The summed E-state index contributed by atoms with van der Waals surface area (Å²) in [5.74, 6) is 0. The van der Waals surface area contributed by atoms with Crippen LogP contribution in [-0.2, 0) is 10.2 Å². The van der Waals surface area contributed by atoms with Gasteiger partial charge in [-0.15, -0.1) is 0 Å². The highest BCUT2D eigenvalue weighted by Crippen LogP contribution is 2.21. The average molecular weight is 389 g/mol. The zero-order chi connectivity index (χ0) is 19.3. The quantitative estimate of drug-likeness (QED) is 0.459. The molecule has 5 heterocycles. The van der Waals surface area contributed by atoms with Gasteiger partial charge >= 0.3 is 10.2 Å². The van der Waals surface area contributed by atoms with Crippen molar-refractivity contribution in [2.75, 3.05) is 0 Å². The van der Waals surface area contributed by atoms with Crippen LogP contribution in [0.1, 0.15) is 22.8 Å². The van der Waals surface area contributed by atoms with Crippen LogP contribution in [0.3, 0.4) is 0 Å². The molecule has 0 aromatic carbocycles. The largest absolute Gasteiger partial charge is 0.354 e. The number of nitrogens with zero attached hydrogens (tertiary/aromatic N) is 3. The highest BCUT2D eigenvalue weighted by molar-refractivity contribution is 7.88. The van der Waals surface area contributed by atoms with Gasteiger partial charge in [-0.2, -0.15) is 8.42 Å². The summed E-state index contributed by atoms with van der Waals surface area (Å²) < 4.78 is 25.6. The number of rotatable bonds is 1. The van der Waals surface area contributed by atoms with E-state index >= 15 is 0 Å². The zero-order valence-electron chi connectivity index (χ0n) is 14.6. The minimum absolute atomic E-state index is 0.439. The third-order valence-corrected chi connectivity index (χ3v) is 5.46. The van der Waals surface area contributed by atoms with Gasteiger partial charge in [0, 0.05) is 5.52 Å². The second kappa shape index (κ2) is 6.01. The Bertz CT molecular complexity index is 1440. The number of hydrogen-bond acceptors (Lipinski definition) is 4. The van der Waals surface area contributed by atoms with Crippen LogP contribution in [0.5, 0.6) is 0 Å². The van der Waals surface area contributed by atoms with Gasteiger partial charge in [0.1, 0.15) is 0 Å². The van der Waals surface area contributed by atoms with Crippen LogP contribution in [0.4, 0.5) is 0 Å². The predicted octanol–water partition coefficient (Wildman–Crippen LogP) is 3.18. The van der Waals surface area contributed by atoms with Gasteiger partial charge in [0.05, 0.1) is 39.3 Å². The van der Waals surface area contributed by atoms with Gasteiger partial charge in [0.15, 0.2) is 0 Å². The first kappa shape index (κ1) is 16.7. The maximum absolute atomic E-state index is 12.2. The van der Waals surface area contributed by atoms with Crippen LogP contribution >= 0.6 is 0 Å². The second-order valence-electron chi connectivity index (χ2n) is 6.46. The molecule has 0 saturated heterocycles. The molecular weight excluding hydrogens is 374 g/mol. The lowest BCUT2D eigenvalue weighted by atomic mass is 10.3. The first-order chi connectivity index (χ1) is 13.5. The third-order valence-electron chi connectivity index (χ3n) is 4.55. The maximum Gasteiger partial charge on any atom is 0.303 e. The Balaban J connectivity index is 1.93.